The number of ether oxygens (including phenoxy) is 1. The number of amides is 1. The average molecular weight is 488 g/mol. The topological polar surface area (TPSA) is 100 Å². The molecular formula is C24H23F3N4O4. The first-order valence-corrected chi connectivity index (χ1v) is 10.3. The van der Waals surface area contributed by atoms with Gasteiger partial charge in [-0.1, -0.05) is 24.3 Å². The Labute approximate surface area is 198 Å². The molecule has 184 valence electrons. The zero-order valence-electron chi connectivity index (χ0n) is 19.1. The first kappa shape index (κ1) is 25.3. The lowest BCUT2D eigenvalue weighted by atomic mass is 10.1. The molecule has 0 spiro atoms. The molecule has 2 N–H and O–H groups in total. The molecule has 0 unspecified atom stereocenters. The fourth-order valence-electron chi connectivity index (χ4n) is 3.46. The number of carboxylic acid groups (broad SMARTS) is 1. The molecule has 0 saturated carbocycles. The van der Waals surface area contributed by atoms with E-state index in [2.05, 4.69) is 16.3 Å². The highest BCUT2D eigenvalue weighted by molar-refractivity contribution is 6.07. The highest BCUT2D eigenvalue weighted by Crippen LogP contribution is 2.28. The highest BCUT2D eigenvalue weighted by atomic mass is 19.4. The number of aromatic nitrogens is 3. The van der Waals surface area contributed by atoms with Crippen molar-refractivity contribution in [2.45, 2.75) is 12.7 Å². The fraction of sp³-hybridized carbons (Fsp3) is 0.208. The number of aryl methyl sites for hydroxylation is 1. The maximum absolute atomic E-state index is 13.1. The average Bonchev–Trinajstić information content (AvgIpc) is 3.47. The number of rotatable bonds is 5. The van der Waals surface area contributed by atoms with Gasteiger partial charge in [-0.05, 0) is 29.3 Å². The zero-order chi connectivity index (χ0) is 25.8. The van der Waals surface area contributed by atoms with Gasteiger partial charge in [-0.2, -0.15) is 18.3 Å². The van der Waals surface area contributed by atoms with E-state index in [9.17, 15) is 18.0 Å². The van der Waals surface area contributed by atoms with Gasteiger partial charge in [0.05, 0.1) is 18.9 Å². The summed E-state index contributed by atoms with van der Waals surface area (Å²) >= 11 is 0. The summed E-state index contributed by atoms with van der Waals surface area (Å²) < 4.78 is 39.0. The zero-order valence-corrected chi connectivity index (χ0v) is 19.1. The number of methoxy groups -OCH3 is 1. The van der Waals surface area contributed by atoms with E-state index >= 15 is 0 Å². The summed E-state index contributed by atoms with van der Waals surface area (Å²) in [5, 5.41) is 14.9. The predicted octanol–water partition coefficient (Wildman–Crippen LogP) is 4.48. The van der Waals surface area contributed by atoms with Crippen LogP contribution in [-0.2, 0) is 18.4 Å². The van der Waals surface area contributed by atoms with Crippen LogP contribution in [0, 0.1) is 0 Å². The molecule has 0 aliphatic carbocycles. The number of aliphatic carboxylic acids is 1. The van der Waals surface area contributed by atoms with E-state index in [0.717, 1.165) is 33.3 Å². The van der Waals surface area contributed by atoms with Crippen LogP contribution in [0.1, 0.15) is 15.9 Å². The number of hydrogen-bond donors (Lipinski definition) is 2. The van der Waals surface area contributed by atoms with Crippen LogP contribution in [0.5, 0.6) is 5.75 Å². The van der Waals surface area contributed by atoms with Gasteiger partial charge < -0.3 is 19.3 Å². The molecule has 4 rings (SSSR count). The van der Waals surface area contributed by atoms with Crippen LogP contribution < -0.4 is 4.74 Å². The van der Waals surface area contributed by atoms with Crippen LogP contribution in [-0.4, -0.2) is 57.0 Å². The van der Waals surface area contributed by atoms with Crippen LogP contribution in [0.25, 0.3) is 22.0 Å². The standard InChI is InChI=1S/C22H22N4O2.C2HF3O2/c1-25-14-20(19-8-7-16(10-21(19)25)17-11-23-24-12-17)22(27)26(2)13-15-5-4-6-18(9-15)28-3;3-2(4,5)1(6)7/h4-12,14H,13H2,1-3H3,(H,23,24);(H,6,7). The lowest BCUT2D eigenvalue weighted by molar-refractivity contribution is -0.192. The van der Waals surface area contributed by atoms with Crippen molar-refractivity contribution >= 4 is 22.8 Å². The van der Waals surface area contributed by atoms with Crippen LogP contribution in [0.4, 0.5) is 13.2 Å². The Bertz CT molecular complexity index is 1330. The maximum Gasteiger partial charge on any atom is 0.490 e. The van der Waals surface area contributed by atoms with Gasteiger partial charge in [0.1, 0.15) is 5.75 Å². The Morgan fingerprint density at radius 3 is 2.49 bits per heavy atom. The molecule has 4 aromatic rings. The van der Waals surface area contributed by atoms with Gasteiger partial charge >= 0.3 is 12.1 Å². The molecule has 2 aromatic carbocycles. The van der Waals surface area contributed by atoms with Crippen molar-refractivity contribution in [2.24, 2.45) is 7.05 Å². The smallest absolute Gasteiger partial charge is 0.490 e. The van der Waals surface area contributed by atoms with Crippen molar-refractivity contribution in [2.75, 3.05) is 14.2 Å². The summed E-state index contributed by atoms with van der Waals surface area (Å²) in [7, 11) is 5.42. The number of carbonyl (C=O) groups is 2. The van der Waals surface area contributed by atoms with Crippen molar-refractivity contribution in [1.29, 1.82) is 0 Å². The molecule has 0 saturated heterocycles. The Hall–Kier alpha value is -4.28. The van der Waals surface area contributed by atoms with Crippen molar-refractivity contribution in [3.63, 3.8) is 0 Å². The van der Waals surface area contributed by atoms with Gasteiger partial charge in [-0.3, -0.25) is 9.89 Å². The van der Waals surface area contributed by atoms with Crippen LogP contribution in [0.3, 0.4) is 0 Å². The number of carbonyl (C=O) groups excluding carboxylic acids is 1. The van der Waals surface area contributed by atoms with Gasteiger partial charge in [0.2, 0.25) is 0 Å². The number of carboxylic acids is 1. The van der Waals surface area contributed by atoms with Gasteiger partial charge in [-0.15, -0.1) is 0 Å². The number of H-pyrrole nitrogens is 1. The fourth-order valence-corrected chi connectivity index (χ4v) is 3.46. The lowest BCUT2D eigenvalue weighted by Crippen LogP contribution is -2.26. The minimum absolute atomic E-state index is 0.00974. The normalized spacial score (nSPS) is 11.0. The minimum Gasteiger partial charge on any atom is -0.497 e. The third kappa shape index (κ3) is 5.99. The first-order chi connectivity index (χ1) is 16.5. The van der Waals surface area contributed by atoms with E-state index in [4.69, 9.17) is 14.6 Å². The van der Waals surface area contributed by atoms with E-state index in [1.165, 1.54) is 0 Å². The monoisotopic (exact) mass is 488 g/mol. The molecule has 0 bridgehead atoms. The molecule has 0 atom stereocenters. The quantitative estimate of drug-likeness (QED) is 0.431. The predicted molar refractivity (Wildman–Crippen MR) is 123 cm³/mol. The van der Waals surface area contributed by atoms with Crippen molar-refractivity contribution < 1.29 is 32.6 Å². The number of aromatic amines is 1. The molecular weight excluding hydrogens is 465 g/mol. The summed E-state index contributed by atoms with van der Waals surface area (Å²) in [6, 6.07) is 13.9. The number of hydrogen-bond acceptors (Lipinski definition) is 4. The number of nitrogens with one attached hydrogen (secondary N) is 1. The van der Waals surface area contributed by atoms with E-state index in [-0.39, 0.29) is 5.91 Å². The summed E-state index contributed by atoms with van der Waals surface area (Å²) in [5.41, 5.74) is 4.81. The second-order valence-electron chi connectivity index (χ2n) is 7.69. The molecule has 0 aliphatic rings. The van der Waals surface area contributed by atoms with E-state index < -0.39 is 12.1 Å². The van der Waals surface area contributed by atoms with Gasteiger partial charge in [-0.25, -0.2) is 4.79 Å². The second kappa shape index (κ2) is 10.3. The Balaban J connectivity index is 0.000000429. The largest absolute Gasteiger partial charge is 0.497 e. The molecule has 1 amide bonds. The van der Waals surface area contributed by atoms with Crippen molar-refractivity contribution in [3.05, 3.63) is 72.2 Å². The maximum atomic E-state index is 13.1. The summed E-state index contributed by atoms with van der Waals surface area (Å²) in [6.07, 6.45) is 0.463. The van der Waals surface area contributed by atoms with Gasteiger partial charge in [0.15, 0.2) is 0 Å². The molecule has 11 heteroatoms. The third-order valence-electron chi connectivity index (χ3n) is 5.20. The van der Waals surface area contributed by atoms with Gasteiger partial charge in [0, 0.05) is 49.5 Å². The number of nitrogens with zero attached hydrogens (tertiary/aromatic N) is 3. The Kier molecular flexibility index (Phi) is 7.48. The summed E-state index contributed by atoms with van der Waals surface area (Å²) in [6.45, 7) is 0.513. The second-order valence-corrected chi connectivity index (χ2v) is 7.69. The highest BCUT2D eigenvalue weighted by Gasteiger charge is 2.38. The van der Waals surface area contributed by atoms with E-state index in [0.29, 0.717) is 12.1 Å². The third-order valence-corrected chi connectivity index (χ3v) is 5.20. The van der Waals surface area contributed by atoms with Crippen molar-refractivity contribution in [3.8, 4) is 16.9 Å². The lowest BCUT2D eigenvalue weighted by Gasteiger charge is -2.17. The van der Waals surface area contributed by atoms with Crippen LogP contribution in [0.2, 0.25) is 0 Å². The van der Waals surface area contributed by atoms with Crippen LogP contribution in [0.15, 0.2) is 61.1 Å². The summed E-state index contributed by atoms with van der Waals surface area (Å²) in [4.78, 5) is 23.7. The van der Waals surface area contributed by atoms with Crippen LogP contribution >= 0.6 is 0 Å². The molecule has 35 heavy (non-hydrogen) atoms. The minimum atomic E-state index is -5.08. The van der Waals surface area contributed by atoms with Crippen molar-refractivity contribution in [1.82, 2.24) is 19.7 Å². The molecule has 0 aliphatic heterocycles. The van der Waals surface area contributed by atoms with E-state index in [1.54, 1.807) is 18.2 Å². The summed E-state index contributed by atoms with van der Waals surface area (Å²) in [5.74, 6) is -1.98. The Morgan fingerprint density at radius 1 is 1.17 bits per heavy atom. The van der Waals surface area contributed by atoms with E-state index in [1.807, 2.05) is 67.5 Å². The molecule has 2 heterocycles. The molecule has 0 radical (unpaired) electrons. The number of fused-ring (bicyclic) bond motifs is 1. The van der Waals surface area contributed by atoms with Gasteiger partial charge in [0.25, 0.3) is 5.91 Å². The number of halogens is 3. The molecule has 0 fully saturated rings. The molecule has 2 aromatic heterocycles. The number of alkyl halides is 3. The first-order valence-electron chi connectivity index (χ1n) is 10.3. The molecule has 8 nitrogen and oxygen atoms in total. The SMILES string of the molecule is COc1cccc(CN(C)C(=O)c2cn(C)c3cc(-c4cn[nH]c4)ccc23)c1.O=C(O)C(F)(F)F. The number of benzene rings is 2. The Morgan fingerprint density at radius 2 is 1.89 bits per heavy atom.